The summed E-state index contributed by atoms with van der Waals surface area (Å²) in [6, 6.07) is 12.0. The molecule has 0 saturated carbocycles. The van der Waals surface area contributed by atoms with Gasteiger partial charge in [-0.25, -0.2) is 8.42 Å². The zero-order valence-electron chi connectivity index (χ0n) is 15.4. The first kappa shape index (κ1) is 21.0. The SMILES string of the molecule is Cc1ccc(OCC(=O)N(Cc2ccc(Cl)cc2Cl)[C@@H]2CCS(=O)(=O)C2)cc1. The summed E-state index contributed by atoms with van der Waals surface area (Å²) in [4.78, 5) is 14.5. The third kappa shape index (κ3) is 5.40. The van der Waals surface area contributed by atoms with Gasteiger partial charge in [-0.05, 0) is 43.2 Å². The average molecular weight is 442 g/mol. The van der Waals surface area contributed by atoms with Crippen molar-refractivity contribution in [3.05, 3.63) is 63.6 Å². The Morgan fingerprint density at radius 3 is 2.50 bits per heavy atom. The van der Waals surface area contributed by atoms with Crippen molar-refractivity contribution < 1.29 is 17.9 Å². The third-order valence-corrected chi connectivity index (χ3v) is 7.05. The fourth-order valence-corrected chi connectivity index (χ4v) is 5.34. The molecule has 0 radical (unpaired) electrons. The summed E-state index contributed by atoms with van der Waals surface area (Å²) in [7, 11) is -3.14. The number of halogens is 2. The minimum Gasteiger partial charge on any atom is -0.484 e. The molecule has 1 fully saturated rings. The predicted molar refractivity (Wildman–Crippen MR) is 111 cm³/mol. The van der Waals surface area contributed by atoms with Crippen LogP contribution in [-0.4, -0.2) is 43.4 Å². The Kier molecular flexibility index (Phi) is 6.53. The molecule has 1 aliphatic rings. The largest absolute Gasteiger partial charge is 0.484 e. The molecular formula is C20H21Cl2NO4S. The van der Waals surface area contributed by atoms with Crippen LogP contribution in [-0.2, 0) is 21.2 Å². The minimum atomic E-state index is -3.14. The normalized spacial score (nSPS) is 18.0. The third-order valence-electron chi connectivity index (χ3n) is 4.71. The van der Waals surface area contributed by atoms with Crippen LogP contribution in [0.1, 0.15) is 17.5 Å². The topological polar surface area (TPSA) is 63.7 Å². The average Bonchev–Trinajstić information content (AvgIpc) is 3.00. The van der Waals surface area contributed by atoms with E-state index < -0.39 is 15.9 Å². The first-order valence-corrected chi connectivity index (χ1v) is 11.4. The van der Waals surface area contributed by atoms with Crippen molar-refractivity contribution in [1.29, 1.82) is 0 Å². The van der Waals surface area contributed by atoms with Crippen molar-refractivity contribution in [1.82, 2.24) is 4.90 Å². The molecule has 1 aliphatic heterocycles. The van der Waals surface area contributed by atoms with Crippen molar-refractivity contribution in [3.63, 3.8) is 0 Å². The maximum Gasteiger partial charge on any atom is 0.261 e. The Balaban J connectivity index is 1.76. The molecular weight excluding hydrogens is 421 g/mol. The van der Waals surface area contributed by atoms with Gasteiger partial charge in [-0.2, -0.15) is 0 Å². The number of benzene rings is 2. The molecule has 0 spiro atoms. The molecule has 0 N–H and O–H groups in total. The molecule has 1 amide bonds. The van der Waals surface area contributed by atoms with Gasteiger partial charge in [0.1, 0.15) is 5.75 Å². The van der Waals surface area contributed by atoms with E-state index in [9.17, 15) is 13.2 Å². The lowest BCUT2D eigenvalue weighted by atomic mass is 10.1. The smallest absolute Gasteiger partial charge is 0.261 e. The summed E-state index contributed by atoms with van der Waals surface area (Å²) >= 11 is 12.2. The van der Waals surface area contributed by atoms with Gasteiger partial charge in [0.15, 0.2) is 16.4 Å². The number of sulfone groups is 1. The standard InChI is InChI=1S/C20H21Cl2NO4S/c1-14-2-6-18(7-3-14)27-12-20(24)23(17-8-9-28(25,26)13-17)11-15-4-5-16(21)10-19(15)22/h2-7,10,17H,8-9,11-13H2,1H3/t17-/m1/s1. The van der Waals surface area contributed by atoms with Crippen molar-refractivity contribution in [2.75, 3.05) is 18.1 Å². The highest BCUT2D eigenvalue weighted by molar-refractivity contribution is 7.91. The van der Waals surface area contributed by atoms with Gasteiger partial charge in [0.2, 0.25) is 0 Å². The number of nitrogens with zero attached hydrogens (tertiary/aromatic N) is 1. The first-order chi connectivity index (χ1) is 13.2. The van der Waals surface area contributed by atoms with Gasteiger partial charge < -0.3 is 9.64 Å². The summed E-state index contributed by atoms with van der Waals surface area (Å²) in [5, 5.41) is 0.934. The molecule has 3 rings (SSSR count). The molecule has 0 unspecified atom stereocenters. The van der Waals surface area contributed by atoms with Crippen molar-refractivity contribution in [2.24, 2.45) is 0 Å². The molecule has 1 atom stereocenters. The molecule has 0 bridgehead atoms. The van der Waals surface area contributed by atoms with Crippen molar-refractivity contribution in [2.45, 2.75) is 25.9 Å². The zero-order valence-corrected chi connectivity index (χ0v) is 17.7. The van der Waals surface area contributed by atoms with E-state index >= 15 is 0 Å². The molecule has 2 aromatic carbocycles. The van der Waals surface area contributed by atoms with E-state index in [0.717, 1.165) is 5.56 Å². The van der Waals surface area contributed by atoms with E-state index in [0.29, 0.717) is 27.8 Å². The van der Waals surface area contributed by atoms with Gasteiger partial charge in [0.25, 0.3) is 5.91 Å². The minimum absolute atomic E-state index is 0.0471. The maximum atomic E-state index is 12.9. The van der Waals surface area contributed by atoms with E-state index in [2.05, 4.69) is 0 Å². The van der Waals surface area contributed by atoms with Gasteiger partial charge in [-0.1, -0.05) is 47.0 Å². The molecule has 150 valence electrons. The molecule has 1 heterocycles. The lowest BCUT2D eigenvalue weighted by molar-refractivity contribution is -0.136. The van der Waals surface area contributed by atoms with Crippen LogP contribution in [0.15, 0.2) is 42.5 Å². The van der Waals surface area contributed by atoms with Gasteiger partial charge >= 0.3 is 0 Å². The summed E-state index contributed by atoms with van der Waals surface area (Å²) in [6.45, 7) is 1.99. The summed E-state index contributed by atoms with van der Waals surface area (Å²) < 4.78 is 29.5. The molecule has 28 heavy (non-hydrogen) atoms. The summed E-state index contributed by atoms with van der Waals surface area (Å²) in [6.07, 6.45) is 0.407. The lowest BCUT2D eigenvalue weighted by Crippen LogP contribution is -2.43. The van der Waals surface area contributed by atoms with E-state index in [1.807, 2.05) is 19.1 Å². The van der Waals surface area contributed by atoms with Gasteiger partial charge in [-0.15, -0.1) is 0 Å². The van der Waals surface area contributed by atoms with E-state index in [4.69, 9.17) is 27.9 Å². The van der Waals surface area contributed by atoms with Crippen LogP contribution in [0, 0.1) is 6.92 Å². The number of rotatable bonds is 6. The highest BCUT2D eigenvalue weighted by Gasteiger charge is 2.35. The van der Waals surface area contributed by atoms with Crippen LogP contribution in [0.2, 0.25) is 10.0 Å². The number of aryl methyl sites for hydroxylation is 1. The second kappa shape index (κ2) is 8.72. The number of carbonyl (C=O) groups is 1. The number of carbonyl (C=O) groups excluding carboxylic acids is 1. The summed E-state index contributed by atoms with van der Waals surface area (Å²) in [5.74, 6) is 0.333. The van der Waals surface area contributed by atoms with E-state index in [-0.39, 0.29) is 30.6 Å². The molecule has 1 saturated heterocycles. The summed E-state index contributed by atoms with van der Waals surface area (Å²) in [5.41, 5.74) is 1.80. The Hall–Kier alpha value is -1.76. The highest BCUT2D eigenvalue weighted by Crippen LogP contribution is 2.26. The molecule has 0 aromatic heterocycles. The second-order valence-corrected chi connectivity index (χ2v) is 9.99. The fraction of sp³-hybridized carbons (Fsp3) is 0.350. The molecule has 2 aromatic rings. The Morgan fingerprint density at radius 2 is 1.89 bits per heavy atom. The van der Waals surface area contributed by atoms with Crippen LogP contribution in [0.3, 0.4) is 0 Å². The highest BCUT2D eigenvalue weighted by atomic mass is 35.5. The monoisotopic (exact) mass is 441 g/mol. The van der Waals surface area contributed by atoms with Crippen molar-refractivity contribution in [3.8, 4) is 5.75 Å². The van der Waals surface area contributed by atoms with Crippen molar-refractivity contribution >= 4 is 38.9 Å². The van der Waals surface area contributed by atoms with E-state index in [1.54, 1.807) is 35.2 Å². The van der Waals surface area contributed by atoms with Gasteiger partial charge in [-0.3, -0.25) is 4.79 Å². The number of amides is 1. The van der Waals surface area contributed by atoms with Gasteiger partial charge in [0.05, 0.1) is 11.5 Å². The Bertz CT molecular complexity index is 961. The van der Waals surface area contributed by atoms with Crippen LogP contribution in [0.25, 0.3) is 0 Å². The van der Waals surface area contributed by atoms with Crippen LogP contribution >= 0.6 is 23.2 Å². The van der Waals surface area contributed by atoms with Crippen LogP contribution in [0.4, 0.5) is 0 Å². The predicted octanol–water partition coefficient (Wildman–Crippen LogP) is 3.90. The number of hydrogen-bond acceptors (Lipinski definition) is 4. The zero-order chi connectivity index (χ0) is 20.3. The van der Waals surface area contributed by atoms with Crippen LogP contribution < -0.4 is 4.74 Å². The first-order valence-electron chi connectivity index (χ1n) is 8.87. The quantitative estimate of drug-likeness (QED) is 0.681. The maximum absolute atomic E-state index is 12.9. The number of hydrogen-bond donors (Lipinski definition) is 0. The number of ether oxygens (including phenoxy) is 1. The molecule has 5 nitrogen and oxygen atoms in total. The Labute approximate surface area is 175 Å². The lowest BCUT2D eigenvalue weighted by Gasteiger charge is -2.29. The molecule has 8 heteroatoms. The van der Waals surface area contributed by atoms with Crippen LogP contribution in [0.5, 0.6) is 5.75 Å². The Morgan fingerprint density at radius 1 is 1.18 bits per heavy atom. The fourth-order valence-electron chi connectivity index (χ4n) is 3.14. The molecule has 0 aliphatic carbocycles. The van der Waals surface area contributed by atoms with Gasteiger partial charge in [0, 0.05) is 22.6 Å². The van der Waals surface area contributed by atoms with E-state index in [1.165, 1.54) is 0 Å². The second-order valence-electron chi connectivity index (χ2n) is 6.92.